The van der Waals surface area contributed by atoms with Crippen molar-refractivity contribution in [2.45, 2.75) is 30.6 Å². The van der Waals surface area contributed by atoms with Gasteiger partial charge in [0, 0.05) is 13.0 Å². The molecule has 160 valence electrons. The molecular formula is C21H23Cl2N3O3S. The van der Waals surface area contributed by atoms with Gasteiger partial charge < -0.3 is 10.6 Å². The van der Waals surface area contributed by atoms with Crippen LogP contribution in [0.2, 0.25) is 10.0 Å². The molecule has 2 aromatic carbocycles. The molecule has 0 aliphatic carbocycles. The van der Waals surface area contributed by atoms with Crippen LogP contribution in [0.15, 0.2) is 47.4 Å². The van der Waals surface area contributed by atoms with E-state index < -0.39 is 9.84 Å². The standard InChI is InChI=1S/C21H23Cl2N3O3S/c1-15(17-8-6-16(13-24)7-9-17)12-20(27)26-11-3-10-25-14-30(28,29)19-5-2-4-18(22)21(19)23/h2,4-9,15,25H,3,10-12,14H2,1H3,(H,26,27). The van der Waals surface area contributed by atoms with Crippen molar-refractivity contribution < 1.29 is 13.2 Å². The average molecular weight is 468 g/mol. The number of nitrogens with zero attached hydrogens (tertiary/aromatic N) is 1. The van der Waals surface area contributed by atoms with E-state index >= 15 is 0 Å². The van der Waals surface area contributed by atoms with Gasteiger partial charge in [0.05, 0.1) is 26.6 Å². The highest BCUT2D eigenvalue weighted by molar-refractivity contribution is 7.91. The topological polar surface area (TPSA) is 99.1 Å². The van der Waals surface area contributed by atoms with Gasteiger partial charge in [0.2, 0.25) is 5.91 Å². The summed E-state index contributed by atoms with van der Waals surface area (Å²) in [5.74, 6) is -0.315. The summed E-state index contributed by atoms with van der Waals surface area (Å²) in [5, 5.41) is 14.7. The van der Waals surface area contributed by atoms with Crippen LogP contribution in [-0.4, -0.2) is 33.3 Å². The molecule has 0 saturated heterocycles. The first kappa shape index (κ1) is 24.2. The Morgan fingerprint density at radius 2 is 1.83 bits per heavy atom. The summed E-state index contributed by atoms with van der Waals surface area (Å²) >= 11 is 11.8. The van der Waals surface area contributed by atoms with Crippen LogP contribution in [-0.2, 0) is 14.6 Å². The number of halogens is 2. The summed E-state index contributed by atoms with van der Waals surface area (Å²) in [4.78, 5) is 12.1. The number of benzene rings is 2. The van der Waals surface area contributed by atoms with Crippen molar-refractivity contribution in [3.8, 4) is 6.07 Å². The predicted octanol–water partition coefficient (Wildman–Crippen LogP) is 3.89. The van der Waals surface area contributed by atoms with Gasteiger partial charge >= 0.3 is 0 Å². The third-order valence-electron chi connectivity index (χ3n) is 4.50. The number of amides is 1. The Hall–Kier alpha value is -2.11. The molecule has 2 rings (SSSR count). The lowest BCUT2D eigenvalue weighted by Crippen LogP contribution is -2.30. The maximum Gasteiger partial charge on any atom is 0.220 e. The van der Waals surface area contributed by atoms with Crippen LogP contribution in [0.1, 0.15) is 36.8 Å². The molecule has 0 bridgehead atoms. The molecule has 0 saturated carbocycles. The highest BCUT2D eigenvalue weighted by Crippen LogP contribution is 2.29. The Morgan fingerprint density at radius 3 is 2.50 bits per heavy atom. The number of rotatable bonds is 10. The van der Waals surface area contributed by atoms with Gasteiger partial charge in [-0.25, -0.2) is 8.42 Å². The third kappa shape index (κ3) is 6.99. The fraction of sp³-hybridized carbons (Fsp3) is 0.333. The van der Waals surface area contributed by atoms with Gasteiger partial charge in [-0.1, -0.05) is 48.3 Å². The smallest absolute Gasteiger partial charge is 0.220 e. The van der Waals surface area contributed by atoms with E-state index in [1.807, 2.05) is 19.1 Å². The lowest BCUT2D eigenvalue weighted by molar-refractivity contribution is -0.121. The van der Waals surface area contributed by atoms with Crippen LogP contribution >= 0.6 is 23.2 Å². The molecule has 1 unspecified atom stereocenters. The van der Waals surface area contributed by atoms with Crippen molar-refractivity contribution in [1.82, 2.24) is 10.6 Å². The first-order chi connectivity index (χ1) is 14.2. The number of hydrogen-bond donors (Lipinski definition) is 2. The lowest BCUT2D eigenvalue weighted by Gasteiger charge is -2.12. The molecule has 0 radical (unpaired) electrons. The molecule has 0 heterocycles. The van der Waals surface area contributed by atoms with E-state index in [2.05, 4.69) is 16.7 Å². The van der Waals surface area contributed by atoms with E-state index in [1.54, 1.807) is 12.1 Å². The number of hydrogen-bond acceptors (Lipinski definition) is 5. The zero-order valence-electron chi connectivity index (χ0n) is 16.5. The van der Waals surface area contributed by atoms with Gasteiger partial charge in [0.1, 0.15) is 5.88 Å². The summed E-state index contributed by atoms with van der Waals surface area (Å²) in [7, 11) is -3.60. The summed E-state index contributed by atoms with van der Waals surface area (Å²) in [6.07, 6.45) is 0.913. The molecule has 0 aliphatic rings. The minimum Gasteiger partial charge on any atom is -0.356 e. The Morgan fingerprint density at radius 1 is 1.13 bits per heavy atom. The van der Waals surface area contributed by atoms with E-state index in [0.29, 0.717) is 31.5 Å². The van der Waals surface area contributed by atoms with Crippen molar-refractivity contribution >= 4 is 38.9 Å². The Bertz CT molecular complexity index is 1020. The van der Waals surface area contributed by atoms with Crippen molar-refractivity contribution in [3.05, 3.63) is 63.6 Å². The molecule has 6 nitrogen and oxygen atoms in total. The molecule has 9 heteroatoms. The van der Waals surface area contributed by atoms with E-state index in [4.69, 9.17) is 28.5 Å². The highest BCUT2D eigenvalue weighted by atomic mass is 35.5. The molecule has 30 heavy (non-hydrogen) atoms. The molecular weight excluding hydrogens is 445 g/mol. The Kier molecular flexibility index (Phi) is 9.12. The minimum absolute atomic E-state index is 0.00532. The van der Waals surface area contributed by atoms with Crippen LogP contribution < -0.4 is 10.6 Å². The van der Waals surface area contributed by atoms with Crippen LogP contribution in [0.3, 0.4) is 0 Å². The monoisotopic (exact) mass is 467 g/mol. The quantitative estimate of drug-likeness (QED) is 0.516. The van der Waals surface area contributed by atoms with Crippen molar-refractivity contribution in [3.63, 3.8) is 0 Å². The van der Waals surface area contributed by atoms with Gasteiger partial charge in [-0.3, -0.25) is 4.79 Å². The summed E-state index contributed by atoms with van der Waals surface area (Å²) in [6.45, 7) is 2.81. The van der Waals surface area contributed by atoms with Crippen molar-refractivity contribution in [2.75, 3.05) is 19.0 Å². The third-order valence-corrected chi connectivity index (χ3v) is 7.02. The predicted molar refractivity (Wildman–Crippen MR) is 118 cm³/mol. The minimum atomic E-state index is -3.60. The van der Waals surface area contributed by atoms with Gasteiger partial charge in [-0.05, 0) is 48.7 Å². The number of carbonyl (C=O) groups is 1. The van der Waals surface area contributed by atoms with Gasteiger partial charge in [0.25, 0.3) is 0 Å². The van der Waals surface area contributed by atoms with E-state index in [-0.39, 0.29) is 32.6 Å². The Labute approximate surface area is 187 Å². The van der Waals surface area contributed by atoms with Crippen LogP contribution in [0.5, 0.6) is 0 Å². The SMILES string of the molecule is CC(CC(=O)NCCCNCS(=O)(=O)c1cccc(Cl)c1Cl)c1ccc(C#N)cc1. The Balaban J connectivity index is 1.69. The van der Waals surface area contributed by atoms with E-state index in [1.165, 1.54) is 18.2 Å². The zero-order valence-corrected chi connectivity index (χ0v) is 18.8. The summed E-state index contributed by atoms with van der Waals surface area (Å²) < 4.78 is 24.7. The number of nitrogens with one attached hydrogen (secondary N) is 2. The fourth-order valence-corrected chi connectivity index (χ4v) is 4.75. The lowest BCUT2D eigenvalue weighted by atomic mass is 9.96. The number of nitriles is 1. The van der Waals surface area contributed by atoms with Crippen molar-refractivity contribution in [1.29, 1.82) is 5.26 Å². The molecule has 1 atom stereocenters. The van der Waals surface area contributed by atoms with Crippen LogP contribution in [0.25, 0.3) is 0 Å². The van der Waals surface area contributed by atoms with E-state index in [0.717, 1.165) is 5.56 Å². The molecule has 2 N–H and O–H groups in total. The maximum atomic E-state index is 12.3. The second-order valence-corrected chi connectivity index (χ2v) is 9.60. The fourth-order valence-electron chi connectivity index (χ4n) is 2.80. The van der Waals surface area contributed by atoms with Gasteiger partial charge in [0.15, 0.2) is 9.84 Å². The average Bonchev–Trinajstić information content (AvgIpc) is 2.72. The van der Waals surface area contributed by atoms with Gasteiger partial charge in [-0.15, -0.1) is 0 Å². The zero-order chi connectivity index (χ0) is 22.1. The first-order valence-electron chi connectivity index (χ1n) is 9.39. The second kappa shape index (κ2) is 11.3. The second-order valence-electron chi connectivity index (χ2n) is 6.85. The highest BCUT2D eigenvalue weighted by Gasteiger charge is 2.19. The molecule has 0 spiro atoms. The van der Waals surface area contributed by atoms with Gasteiger partial charge in [-0.2, -0.15) is 5.26 Å². The van der Waals surface area contributed by atoms with Crippen LogP contribution in [0.4, 0.5) is 0 Å². The molecule has 2 aromatic rings. The molecule has 1 amide bonds. The van der Waals surface area contributed by atoms with Crippen LogP contribution in [0, 0.1) is 11.3 Å². The number of sulfone groups is 1. The van der Waals surface area contributed by atoms with E-state index in [9.17, 15) is 13.2 Å². The molecule has 0 aliphatic heterocycles. The maximum absolute atomic E-state index is 12.3. The summed E-state index contributed by atoms with van der Waals surface area (Å²) in [5.41, 5.74) is 1.58. The largest absolute Gasteiger partial charge is 0.356 e. The molecule has 0 fully saturated rings. The number of carbonyl (C=O) groups excluding carboxylic acids is 1. The summed E-state index contributed by atoms with van der Waals surface area (Å²) in [6, 6.07) is 13.7. The first-order valence-corrected chi connectivity index (χ1v) is 11.8. The molecule has 0 aromatic heterocycles. The van der Waals surface area contributed by atoms with Crippen molar-refractivity contribution in [2.24, 2.45) is 0 Å². The normalized spacial score (nSPS) is 12.2.